The predicted octanol–water partition coefficient (Wildman–Crippen LogP) is 2.02. The standard InChI is InChI=1S/C13H14BrN3O/c14-11-4-9(7-15)5-12(6-11)17-3-1-2-10(8-17)13(16)18/h4-6,10H,1-3,8H2,(H2,16,18). The number of rotatable bonds is 2. The van der Waals surface area contributed by atoms with Gasteiger partial charge in [-0.05, 0) is 31.0 Å². The van der Waals surface area contributed by atoms with E-state index in [4.69, 9.17) is 11.0 Å². The molecule has 0 saturated carbocycles. The summed E-state index contributed by atoms with van der Waals surface area (Å²) in [6.45, 7) is 1.53. The van der Waals surface area contributed by atoms with Gasteiger partial charge in [0.05, 0.1) is 17.6 Å². The fourth-order valence-electron chi connectivity index (χ4n) is 2.27. The molecule has 5 heteroatoms. The molecule has 1 unspecified atom stereocenters. The molecule has 2 rings (SSSR count). The SMILES string of the molecule is N#Cc1cc(Br)cc(N2CCCC(C(N)=O)C2)c1. The molecule has 1 atom stereocenters. The number of hydrogen-bond donors (Lipinski definition) is 1. The van der Waals surface area contributed by atoms with Crippen molar-refractivity contribution >= 4 is 27.5 Å². The van der Waals surface area contributed by atoms with Crippen molar-refractivity contribution in [3.8, 4) is 6.07 Å². The minimum absolute atomic E-state index is 0.0942. The van der Waals surface area contributed by atoms with E-state index in [1.165, 1.54) is 0 Å². The summed E-state index contributed by atoms with van der Waals surface area (Å²) in [4.78, 5) is 13.4. The fourth-order valence-corrected chi connectivity index (χ4v) is 2.75. The van der Waals surface area contributed by atoms with Crippen molar-refractivity contribution in [2.24, 2.45) is 11.7 Å². The van der Waals surface area contributed by atoms with E-state index < -0.39 is 0 Å². The number of benzene rings is 1. The van der Waals surface area contributed by atoms with Crippen LogP contribution in [0.4, 0.5) is 5.69 Å². The van der Waals surface area contributed by atoms with Gasteiger partial charge in [-0.1, -0.05) is 15.9 Å². The van der Waals surface area contributed by atoms with Crippen LogP contribution in [-0.4, -0.2) is 19.0 Å². The van der Waals surface area contributed by atoms with E-state index in [1.807, 2.05) is 12.1 Å². The van der Waals surface area contributed by atoms with Crippen molar-refractivity contribution in [1.82, 2.24) is 0 Å². The Morgan fingerprint density at radius 2 is 2.28 bits per heavy atom. The fraction of sp³-hybridized carbons (Fsp3) is 0.385. The van der Waals surface area contributed by atoms with Crippen molar-refractivity contribution in [3.05, 3.63) is 28.2 Å². The molecule has 1 aliphatic rings. The maximum absolute atomic E-state index is 11.3. The Balaban J connectivity index is 2.23. The molecule has 1 aromatic rings. The van der Waals surface area contributed by atoms with Gasteiger partial charge in [-0.2, -0.15) is 5.26 Å². The molecule has 0 bridgehead atoms. The van der Waals surface area contributed by atoms with E-state index in [0.29, 0.717) is 12.1 Å². The Bertz CT molecular complexity index is 509. The van der Waals surface area contributed by atoms with Crippen LogP contribution in [0.15, 0.2) is 22.7 Å². The molecule has 0 radical (unpaired) electrons. The van der Waals surface area contributed by atoms with Crippen molar-refractivity contribution < 1.29 is 4.79 Å². The molecule has 1 saturated heterocycles. The summed E-state index contributed by atoms with van der Waals surface area (Å²) in [7, 11) is 0. The van der Waals surface area contributed by atoms with Gasteiger partial charge in [-0.25, -0.2) is 0 Å². The van der Waals surface area contributed by atoms with Gasteiger partial charge in [0.1, 0.15) is 0 Å². The maximum Gasteiger partial charge on any atom is 0.222 e. The van der Waals surface area contributed by atoms with E-state index in [0.717, 1.165) is 29.5 Å². The van der Waals surface area contributed by atoms with Crippen LogP contribution in [0.25, 0.3) is 0 Å². The number of halogens is 1. The van der Waals surface area contributed by atoms with E-state index >= 15 is 0 Å². The first-order valence-corrected chi connectivity index (χ1v) is 6.64. The van der Waals surface area contributed by atoms with Gasteiger partial charge in [0, 0.05) is 23.2 Å². The van der Waals surface area contributed by atoms with Gasteiger partial charge in [0.2, 0.25) is 5.91 Å². The third-order valence-electron chi connectivity index (χ3n) is 3.20. The van der Waals surface area contributed by atoms with Crippen molar-refractivity contribution in [2.75, 3.05) is 18.0 Å². The summed E-state index contributed by atoms with van der Waals surface area (Å²) < 4.78 is 0.873. The lowest BCUT2D eigenvalue weighted by atomic mass is 9.97. The van der Waals surface area contributed by atoms with E-state index in [9.17, 15) is 4.79 Å². The molecular formula is C13H14BrN3O. The molecule has 1 amide bonds. The number of hydrogen-bond acceptors (Lipinski definition) is 3. The van der Waals surface area contributed by atoms with Gasteiger partial charge in [-0.3, -0.25) is 4.79 Å². The number of anilines is 1. The zero-order valence-electron chi connectivity index (χ0n) is 9.90. The third-order valence-corrected chi connectivity index (χ3v) is 3.66. The predicted molar refractivity (Wildman–Crippen MR) is 73.0 cm³/mol. The second-order valence-electron chi connectivity index (χ2n) is 4.50. The molecule has 0 spiro atoms. The molecule has 1 heterocycles. The number of primary amides is 1. The Kier molecular flexibility index (Phi) is 3.87. The lowest BCUT2D eigenvalue weighted by Crippen LogP contribution is -2.41. The van der Waals surface area contributed by atoms with Gasteiger partial charge >= 0.3 is 0 Å². The molecule has 0 aliphatic carbocycles. The van der Waals surface area contributed by atoms with E-state index in [2.05, 4.69) is 26.9 Å². The van der Waals surface area contributed by atoms with Gasteiger partial charge in [0.15, 0.2) is 0 Å². The van der Waals surface area contributed by atoms with E-state index in [1.54, 1.807) is 6.07 Å². The molecule has 4 nitrogen and oxygen atoms in total. The molecule has 94 valence electrons. The van der Waals surface area contributed by atoms with Crippen LogP contribution in [-0.2, 0) is 4.79 Å². The highest BCUT2D eigenvalue weighted by atomic mass is 79.9. The molecule has 1 aliphatic heterocycles. The summed E-state index contributed by atoms with van der Waals surface area (Å²) in [5.74, 6) is -0.335. The highest BCUT2D eigenvalue weighted by Gasteiger charge is 2.24. The molecule has 1 aromatic carbocycles. The maximum atomic E-state index is 11.3. The third kappa shape index (κ3) is 2.82. The van der Waals surface area contributed by atoms with Crippen LogP contribution in [0.1, 0.15) is 18.4 Å². The second-order valence-corrected chi connectivity index (χ2v) is 5.41. The summed E-state index contributed by atoms with van der Waals surface area (Å²) in [6.07, 6.45) is 1.80. The second kappa shape index (κ2) is 5.40. The smallest absolute Gasteiger partial charge is 0.222 e. The Hall–Kier alpha value is -1.54. The Morgan fingerprint density at radius 3 is 2.94 bits per heavy atom. The quantitative estimate of drug-likeness (QED) is 0.908. The monoisotopic (exact) mass is 307 g/mol. The first kappa shape index (κ1) is 12.9. The minimum atomic E-state index is -0.241. The minimum Gasteiger partial charge on any atom is -0.371 e. The van der Waals surface area contributed by atoms with Crippen LogP contribution in [0.2, 0.25) is 0 Å². The highest BCUT2D eigenvalue weighted by molar-refractivity contribution is 9.10. The van der Waals surface area contributed by atoms with E-state index in [-0.39, 0.29) is 11.8 Å². The average Bonchev–Trinajstić information content (AvgIpc) is 2.38. The summed E-state index contributed by atoms with van der Waals surface area (Å²) >= 11 is 3.40. The number of nitrogens with zero attached hydrogens (tertiary/aromatic N) is 2. The number of amides is 1. The topological polar surface area (TPSA) is 70.1 Å². The van der Waals surface area contributed by atoms with Gasteiger partial charge < -0.3 is 10.6 Å². The largest absolute Gasteiger partial charge is 0.371 e. The van der Waals surface area contributed by atoms with Crippen LogP contribution < -0.4 is 10.6 Å². The number of carbonyl (C=O) groups is 1. The first-order valence-electron chi connectivity index (χ1n) is 5.85. The molecule has 1 fully saturated rings. The molecule has 2 N–H and O–H groups in total. The zero-order valence-corrected chi connectivity index (χ0v) is 11.5. The summed E-state index contributed by atoms with van der Waals surface area (Å²) in [5, 5.41) is 8.96. The summed E-state index contributed by atoms with van der Waals surface area (Å²) in [6, 6.07) is 7.71. The summed E-state index contributed by atoms with van der Waals surface area (Å²) in [5.41, 5.74) is 6.94. The van der Waals surface area contributed by atoms with Crippen LogP contribution in [0, 0.1) is 17.2 Å². The number of carbonyl (C=O) groups excluding carboxylic acids is 1. The lowest BCUT2D eigenvalue weighted by Gasteiger charge is -2.33. The lowest BCUT2D eigenvalue weighted by molar-refractivity contribution is -0.122. The van der Waals surface area contributed by atoms with Gasteiger partial charge in [0.25, 0.3) is 0 Å². The van der Waals surface area contributed by atoms with Crippen LogP contribution in [0.5, 0.6) is 0 Å². The zero-order chi connectivity index (χ0) is 13.1. The van der Waals surface area contributed by atoms with Crippen molar-refractivity contribution in [3.63, 3.8) is 0 Å². The Morgan fingerprint density at radius 1 is 1.50 bits per heavy atom. The first-order chi connectivity index (χ1) is 8.60. The van der Waals surface area contributed by atoms with Crippen molar-refractivity contribution in [1.29, 1.82) is 5.26 Å². The van der Waals surface area contributed by atoms with Gasteiger partial charge in [-0.15, -0.1) is 0 Å². The number of piperidine rings is 1. The van der Waals surface area contributed by atoms with Crippen molar-refractivity contribution in [2.45, 2.75) is 12.8 Å². The molecule has 18 heavy (non-hydrogen) atoms. The Labute approximate surface area is 115 Å². The number of nitrogens with two attached hydrogens (primary N) is 1. The molecular weight excluding hydrogens is 294 g/mol. The van der Waals surface area contributed by atoms with Crippen LogP contribution >= 0.6 is 15.9 Å². The normalized spacial score (nSPS) is 19.3. The van der Waals surface area contributed by atoms with Crippen LogP contribution in [0.3, 0.4) is 0 Å². The average molecular weight is 308 g/mol. The number of nitriles is 1. The molecule has 0 aromatic heterocycles. The highest BCUT2D eigenvalue weighted by Crippen LogP contribution is 2.27.